The second-order valence-corrected chi connectivity index (χ2v) is 7.37. The summed E-state index contributed by atoms with van der Waals surface area (Å²) in [6, 6.07) is 4.16. The van der Waals surface area contributed by atoms with E-state index in [1.165, 1.54) is 11.8 Å². The van der Waals surface area contributed by atoms with Crippen molar-refractivity contribution in [3.05, 3.63) is 24.4 Å². The van der Waals surface area contributed by atoms with Gasteiger partial charge < -0.3 is 15.2 Å². The second kappa shape index (κ2) is 10.5. The number of carboxylic acids is 1. The molecule has 1 heterocycles. The van der Waals surface area contributed by atoms with E-state index in [0.717, 1.165) is 0 Å². The summed E-state index contributed by atoms with van der Waals surface area (Å²) < 4.78 is 5.04. The van der Waals surface area contributed by atoms with Gasteiger partial charge in [0.05, 0.1) is 5.75 Å². The molecule has 4 N–H and O–H groups in total. The highest BCUT2D eigenvalue weighted by Gasteiger charge is 2.23. The zero-order valence-corrected chi connectivity index (χ0v) is 15.8. The molecule has 2 amide bonds. The van der Waals surface area contributed by atoms with Crippen LogP contribution in [-0.4, -0.2) is 51.2 Å². The number of carboxylic acid groups (broad SMARTS) is 1. The lowest BCUT2D eigenvalue weighted by molar-refractivity contribution is -0.139. The van der Waals surface area contributed by atoms with Gasteiger partial charge in [-0.1, -0.05) is 6.07 Å². The molecular weight excluding hydrogens is 360 g/mol. The number of carbonyl (C=O) groups is 3. The Morgan fingerprint density at radius 1 is 1.31 bits per heavy atom. The molecule has 0 aliphatic rings. The van der Waals surface area contributed by atoms with E-state index in [4.69, 9.17) is 9.84 Å². The molecule has 0 aliphatic heterocycles. The molecule has 10 heteroatoms. The zero-order chi connectivity index (χ0) is 19.6. The highest BCUT2D eigenvalue weighted by Crippen LogP contribution is 2.09. The van der Waals surface area contributed by atoms with Gasteiger partial charge in [-0.2, -0.15) is 11.8 Å². The van der Waals surface area contributed by atoms with Crippen molar-refractivity contribution in [2.24, 2.45) is 0 Å². The van der Waals surface area contributed by atoms with Crippen LogP contribution in [0.1, 0.15) is 27.2 Å². The van der Waals surface area contributed by atoms with E-state index in [2.05, 4.69) is 21.2 Å². The number of hydrogen-bond donors (Lipinski definition) is 4. The molecule has 1 aromatic heterocycles. The van der Waals surface area contributed by atoms with Gasteiger partial charge in [0, 0.05) is 6.20 Å². The molecule has 0 bridgehead atoms. The Balaban J connectivity index is 2.26. The van der Waals surface area contributed by atoms with Crippen LogP contribution in [0.3, 0.4) is 0 Å². The number of amides is 2. The quantitative estimate of drug-likeness (QED) is 0.373. The number of thioether (sulfide) groups is 1. The number of alkyl carbamates (subject to hydrolysis) is 1. The average Bonchev–Trinajstić information content (AvgIpc) is 2.54. The van der Waals surface area contributed by atoms with Crippen LogP contribution < -0.4 is 16.2 Å². The van der Waals surface area contributed by atoms with Crippen LogP contribution in [0, 0.1) is 0 Å². The normalized spacial score (nSPS) is 12.0. The molecule has 1 rings (SSSR count). The number of nitrogens with zero attached hydrogens (tertiary/aromatic N) is 1. The number of aliphatic carboxylic acids is 1. The summed E-state index contributed by atoms with van der Waals surface area (Å²) in [6.45, 7) is 5.07. The van der Waals surface area contributed by atoms with Crippen LogP contribution in [-0.2, 0) is 14.3 Å². The van der Waals surface area contributed by atoms with E-state index in [9.17, 15) is 14.4 Å². The van der Waals surface area contributed by atoms with Gasteiger partial charge in [-0.15, -0.1) is 0 Å². The van der Waals surface area contributed by atoms with Crippen LogP contribution in [0.15, 0.2) is 24.4 Å². The molecule has 26 heavy (non-hydrogen) atoms. The van der Waals surface area contributed by atoms with Gasteiger partial charge in [0.25, 0.3) is 0 Å². The van der Waals surface area contributed by atoms with Gasteiger partial charge in [0.1, 0.15) is 17.5 Å². The summed E-state index contributed by atoms with van der Waals surface area (Å²) in [5, 5.41) is 11.5. The maximum Gasteiger partial charge on any atom is 0.408 e. The predicted octanol–water partition coefficient (Wildman–Crippen LogP) is 1.63. The molecule has 0 saturated heterocycles. The number of carbonyl (C=O) groups excluding carboxylic acids is 2. The SMILES string of the molecule is CC(C)(C)OC(=O)NC(CCSCC(=O)NNc1ccccn1)C(=O)O. The maximum absolute atomic E-state index is 11.7. The van der Waals surface area contributed by atoms with Crippen molar-refractivity contribution in [1.29, 1.82) is 0 Å². The number of anilines is 1. The van der Waals surface area contributed by atoms with Gasteiger partial charge in [-0.05, 0) is 45.1 Å². The first-order valence-electron chi connectivity index (χ1n) is 7.93. The Morgan fingerprint density at radius 2 is 2.04 bits per heavy atom. The van der Waals surface area contributed by atoms with Crippen molar-refractivity contribution in [3.8, 4) is 0 Å². The third-order valence-electron chi connectivity index (χ3n) is 2.77. The van der Waals surface area contributed by atoms with Crippen LogP contribution in [0.25, 0.3) is 0 Å². The Morgan fingerprint density at radius 3 is 2.62 bits per heavy atom. The van der Waals surface area contributed by atoms with Gasteiger partial charge in [-0.3, -0.25) is 15.6 Å². The van der Waals surface area contributed by atoms with E-state index >= 15 is 0 Å². The molecule has 1 atom stereocenters. The van der Waals surface area contributed by atoms with Crippen molar-refractivity contribution in [2.75, 3.05) is 16.9 Å². The van der Waals surface area contributed by atoms with Crippen molar-refractivity contribution in [1.82, 2.24) is 15.7 Å². The third kappa shape index (κ3) is 9.72. The number of hydrazine groups is 1. The minimum Gasteiger partial charge on any atom is -0.480 e. The molecule has 0 aliphatic carbocycles. The summed E-state index contributed by atoms with van der Waals surface area (Å²) in [7, 11) is 0. The highest BCUT2D eigenvalue weighted by molar-refractivity contribution is 7.99. The number of rotatable bonds is 9. The van der Waals surface area contributed by atoms with E-state index in [0.29, 0.717) is 11.6 Å². The maximum atomic E-state index is 11.7. The number of hydrogen-bond acceptors (Lipinski definition) is 7. The topological polar surface area (TPSA) is 130 Å². The molecule has 144 valence electrons. The standard InChI is InChI=1S/C16H24N4O5S/c1-16(2,3)25-15(24)18-11(14(22)23)7-9-26-10-13(21)20-19-12-6-4-5-8-17-12/h4-6,8,11H,7,9-10H2,1-3H3,(H,17,19)(H,18,24)(H,20,21)(H,22,23). The minimum atomic E-state index is -1.15. The van der Waals surface area contributed by atoms with Gasteiger partial charge >= 0.3 is 12.1 Å². The van der Waals surface area contributed by atoms with E-state index in [-0.39, 0.29) is 18.1 Å². The first-order valence-corrected chi connectivity index (χ1v) is 9.09. The molecule has 9 nitrogen and oxygen atoms in total. The fourth-order valence-corrected chi connectivity index (χ4v) is 2.48. The molecule has 0 aromatic carbocycles. The summed E-state index contributed by atoms with van der Waals surface area (Å²) in [6.07, 6.45) is 0.972. The lowest BCUT2D eigenvalue weighted by Gasteiger charge is -2.21. The largest absolute Gasteiger partial charge is 0.480 e. The average molecular weight is 384 g/mol. The van der Waals surface area contributed by atoms with Crippen molar-refractivity contribution in [3.63, 3.8) is 0 Å². The molecule has 0 fully saturated rings. The molecule has 0 saturated carbocycles. The Bertz CT molecular complexity index is 606. The van der Waals surface area contributed by atoms with Crippen molar-refractivity contribution >= 4 is 35.5 Å². The molecule has 1 unspecified atom stereocenters. The molecular formula is C16H24N4O5S. The Kier molecular flexibility index (Phi) is 8.70. The summed E-state index contributed by atoms with van der Waals surface area (Å²) in [4.78, 5) is 38.6. The van der Waals surface area contributed by atoms with Gasteiger partial charge in [0.15, 0.2) is 0 Å². The van der Waals surface area contributed by atoms with Crippen molar-refractivity contribution < 1.29 is 24.2 Å². The van der Waals surface area contributed by atoms with Crippen LogP contribution in [0.2, 0.25) is 0 Å². The minimum absolute atomic E-state index is 0.138. The lowest BCUT2D eigenvalue weighted by Crippen LogP contribution is -2.43. The number of aromatic nitrogens is 1. The summed E-state index contributed by atoms with van der Waals surface area (Å²) in [5.41, 5.74) is 4.45. The monoisotopic (exact) mass is 384 g/mol. The van der Waals surface area contributed by atoms with Crippen molar-refractivity contribution in [2.45, 2.75) is 38.8 Å². The smallest absolute Gasteiger partial charge is 0.408 e. The van der Waals surface area contributed by atoms with Crippen LogP contribution >= 0.6 is 11.8 Å². The molecule has 0 spiro atoms. The zero-order valence-electron chi connectivity index (χ0n) is 14.9. The summed E-state index contributed by atoms with van der Waals surface area (Å²) >= 11 is 1.25. The van der Waals surface area contributed by atoms with Gasteiger partial charge in [-0.25, -0.2) is 14.6 Å². The number of pyridine rings is 1. The van der Waals surface area contributed by atoms with Crippen LogP contribution in [0.4, 0.5) is 10.6 Å². The van der Waals surface area contributed by atoms with Crippen LogP contribution in [0.5, 0.6) is 0 Å². The first kappa shape index (κ1) is 21.6. The fourth-order valence-electron chi connectivity index (χ4n) is 1.68. The first-order chi connectivity index (χ1) is 12.2. The lowest BCUT2D eigenvalue weighted by atomic mass is 10.2. The fraction of sp³-hybridized carbons (Fsp3) is 0.500. The van der Waals surface area contributed by atoms with Gasteiger partial charge in [0.2, 0.25) is 5.91 Å². The molecule has 1 aromatic rings. The Labute approximate surface area is 156 Å². The predicted molar refractivity (Wildman–Crippen MR) is 98.7 cm³/mol. The highest BCUT2D eigenvalue weighted by atomic mass is 32.2. The van der Waals surface area contributed by atoms with E-state index in [1.807, 2.05) is 0 Å². The number of ether oxygens (including phenoxy) is 1. The van der Waals surface area contributed by atoms with E-state index in [1.54, 1.807) is 45.2 Å². The molecule has 0 radical (unpaired) electrons. The summed E-state index contributed by atoms with van der Waals surface area (Å²) in [5.74, 6) is -0.397. The second-order valence-electron chi connectivity index (χ2n) is 6.27. The number of nitrogens with one attached hydrogen (secondary N) is 3. The van der Waals surface area contributed by atoms with E-state index < -0.39 is 23.7 Å². The Hall–Kier alpha value is -2.49. The third-order valence-corrected chi connectivity index (χ3v) is 3.76.